The fourth-order valence-electron chi connectivity index (χ4n) is 2.95. The topological polar surface area (TPSA) is 109 Å². The number of hydrogen-bond acceptors (Lipinski definition) is 7. The zero-order valence-electron chi connectivity index (χ0n) is 15.6. The monoisotopic (exact) mass is 394 g/mol. The highest BCUT2D eigenvalue weighted by Gasteiger charge is 2.12. The molecule has 8 nitrogen and oxygen atoms in total. The van der Waals surface area contributed by atoms with Crippen LogP contribution in [0.5, 0.6) is 0 Å². The predicted octanol–water partition coefficient (Wildman–Crippen LogP) is 2.43. The fourth-order valence-corrected chi connectivity index (χ4v) is 2.95. The molecule has 4 aromatic rings. The number of rotatable bonds is 6. The summed E-state index contributed by atoms with van der Waals surface area (Å²) >= 11 is 0. The molecular weight excluding hydrogens is 375 g/mol. The molecule has 0 spiro atoms. The maximum absolute atomic E-state index is 14.2. The van der Waals surface area contributed by atoms with Crippen LogP contribution < -0.4 is 5.32 Å². The average molecular weight is 394 g/mol. The molecule has 0 aliphatic heterocycles. The standard InChI is InChI=1S/C20H19FN6O2/c1-12-2-3-15(21)19(24-12)17-8-13(4-6-22-17)25-16-5-7-23-18-10-27(26-20(16)18)9-14(29)11-28/h2-8,10,14,28-29H,9,11H2,1H3,(H,22,25). The number of nitrogens with one attached hydrogen (secondary N) is 1. The van der Waals surface area contributed by atoms with Crippen LogP contribution >= 0.6 is 0 Å². The van der Waals surface area contributed by atoms with Crippen molar-refractivity contribution in [3.8, 4) is 11.4 Å². The van der Waals surface area contributed by atoms with Crippen LogP contribution in [-0.4, -0.2) is 47.7 Å². The minimum atomic E-state index is -0.903. The quantitative estimate of drug-likeness (QED) is 0.461. The van der Waals surface area contributed by atoms with Gasteiger partial charge in [-0.15, -0.1) is 0 Å². The summed E-state index contributed by atoms with van der Waals surface area (Å²) in [5, 5.41) is 26.3. The Hall–Kier alpha value is -3.43. The van der Waals surface area contributed by atoms with E-state index in [4.69, 9.17) is 5.11 Å². The zero-order valence-corrected chi connectivity index (χ0v) is 15.6. The molecule has 4 heterocycles. The number of hydrogen-bond donors (Lipinski definition) is 3. The van der Waals surface area contributed by atoms with Crippen molar-refractivity contribution in [2.75, 3.05) is 11.9 Å². The van der Waals surface area contributed by atoms with Crippen LogP contribution in [0.1, 0.15) is 5.69 Å². The van der Waals surface area contributed by atoms with Crippen molar-refractivity contribution in [1.29, 1.82) is 0 Å². The van der Waals surface area contributed by atoms with E-state index in [-0.39, 0.29) is 18.8 Å². The molecule has 0 amide bonds. The largest absolute Gasteiger partial charge is 0.394 e. The molecule has 1 unspecified atom stereocenters. The molecule has 0 aromatic carbocycles. The lowest BCUT2D eigenvalue weighted by molar-refractivity contribution is 0.0784. The Morgan fingerprint density at radius 1 is 1.17 bits per heavy atom. The van der Waals surface area contributed by atoms with E-state index in [1.165, 1.54) is 10.7 Å². The highest BCUT2D eigenvalue weighted by Crippen LogP contribution is 2.26. The van der Waals surface area contributed by atoms with Crippen LogP contribution in [-0.2, 0) is 6.54 Å². The van der Waals surface area contributed by atoms with Gasteiger partial charge in [0.05, 0.1) is 36.8 Å². The first-order valence-corrected chi connectivity index (χ1v) is 9.01. The van der Waals surface area contributed by atoms with Gasteiger partial charge in [-0.25, -0.2) is 9.37 Å². The van der Waals surface area contributed by atoms with Crippen molar-refractivity contribution >= 4 is 22.4 Å². The molecule has 3 N–H and O–H groups in total. The molecule has 0 radical (unpaired) electrons. The number of nitrogens with zero attached hydrogens (tertiary/aromatic N) is 5. The second-order valence-electron chi connectivity index (χ2n) is 6.62. The van der Waals surface area contributed by atoms with Gasteiger partial charge in [-0.3, -0.25) is 14.6 Å². The molecule has 29 heavy (non-hydrogen) atoms. The van der Waals surface area contributed by atoms with Gasteiger partial charge in [0, 0.05) is 23.8 Å². The Morgan fingerprint density at radius 3 is 2.83 bits per heavy atom. The number of halogens is 1. The Labute approximate surface area is 165 Å². The number of aromatic nitrogens is 5. The lowest BCUT2D eigenvalue weighted by Crippen LogP contribution is -2.19. The average Bonchev–Trinajstić information content (AvgIpc) is 3.13. The van der Waals surface area contributed by atoms with Gasteiger partial charge in [0.15, 0.2) is 5.82 Å². The second kappa shape index (κ2) is 7.90. The Balaban J connectivity index is 1.66. The molecular formula is C20H19FN6O2. The molecule has 0 bridgehead atoms. The number of aliphatic hydroxyl groups is 2. The summed E-state index contributed by atoms with van der Waals surface area (Å²) in [7, 11) is 0. The SMILES string of the molecule is Cc1ccc(F)c(-c2cc(Nc3ccnc4cn(CC(O)CO)nc34)ccn2)n1. The van der Waals surface area contributed by atoms with Gasteiger partial charge in [-0.2, -0.15) is 5.10 Å². The van der Waals surface area contributed by atoms with Crippen molar-refractivity contribution < 1.29 is 14.6 Å². The molecule has 9 heteroatoms. The molecule has 0 saturated heterocycles. The number of fused-ring (bicyclic) bond motifs is 1. The van der Waals surface area contributed by atoms with E-state index < -0.39 is 11.9 Å². The highest BCUT2D eigenvalue weighted by atomic mass is 19.1. The summed E-state index contributed by atoms with van der Waals surface area (Å²) in [4.78, 5) is 12.8. The lowest BCUT2D eigenvalue weighted by atomic mass is 10.2. The van der Waals surface area contributed by atoms with Gasteiger partial charge >= 0.3 is 0 Å². The highest BCUT2D eigenvalue weighted by molar-refractivity contribution is 5.89. The summed E-state index contributed by atoms with van der Waals surface area (Å²) in [6, 6.07) is 8.23. The first-order valence-electron chi connectivity index (χ1n) is 9.01. The minimum Gasteiger partial charge on any atom is -0.394 e. The van der Waals surface area contributed by atoms with Crippen LogP contribution in [0.4, 0.5) is 15.8 Å². The molecule has 0 aliphatic rings. The predicted molar refractivity (Wildman–Crippen MR) is 106 cm³/mol. The van der Waals surface area contributed by atoms with Crippen LogP contribution in [0.3, 0.4) is 0 Å². The zero-order chi connectivity index (χ0) is 20.4. The van der Waals surface area contributed by atoms with E-state index in [2.05, 4.69) is 25.4 Å². The van der Waals surface area contributed by atoms with Gasteiger partial charge in [0.2, 0.25) is 0 Å². The third-order valence-corrected chi connectivity index (χ3v) is 4.33. The van der Waals surface area contributed by atoms with Crippen molar-refractivity contribution in [2.24, 2.45) is 0 Å². The Bertz CT molecular complexity index is 1160. The summed E-state index contributed by atoms with van der Waals surface area (Å²) in [5.74, 6) is -0.437. The van der Waals surface area contributed by atoms with Crippen LogP contribution in [0.25, 0.3) is 22.4 Å². The summed E-state index contributed by atoms with van der Waals surface area (Å²) in [6.45, 7) is 1.60. The molecule has 0 fully saturated rings. The summed E-state index contributed by atoms with van der Waals surface area (Å²) < 4.78 is 15.7. The van der Waals surface area contributed by atoms with E-state index in [0.717, 1.165) is 0 Å². The van der Waals surface area contributed by atoms with E-state index in [9.17, 15) is 9.50 Å². The summed E-state index contributed by atoms with van der Waals surface area (Å²) in [6.07, 6.45) is 4.02. The van der Waals surface area contributed by atoms with Gasteiger partial charge in [0.25, 0.3) is 0 Å². The van der Waals surface area contributed by atoms with Crippen molar-refractivity contribution in [1.82, 2.24) is 24.7 Å². The number of aryl methyl sites for hydroxylation is 1. The van der Waals surface area contributed by atoms with Gasteiger partial charge in [0.1, 0.15) is 16.7 Å². The van der Waals surface area contributed by atoms with Crippen molar-refractivity contribution in [3.05, 3.63) is 60.4 Å². The van der Waals surface area contributed by atoms with E-state index in [0.29, 0.717) is 33.8 Å². The molecule has 0 aliphatic carbocycles. The van der Waals surface area contributed by atoms with Gasteiger partial charge in [-0.05, 0) is 37.3 Å². The molecule has 4 rings (SSSR count). The number of aliphatic hydroxyl groups excluding tert-OH is 2. The van der Waals surface area contributed by atoms with Crippen LogP contribution in [0.15, 0.2) is 48.9 Å². The molecule has 4 aromatic heterocycles. The van der Waals surface area contributed by atoms with E-state index in [1.807, 2.05) is 0 Å². The first kappa shape index (κ1) is 18.9. The van der Waals surface area contributed by atoms with Crippen LogP contribution in [0.2, 0.25) is 0 Å². The number of pyridine rings is 3. The molecule has 0 saturated carbocycles. The lowest BCUT2D eigenvalue weighted by Gasteiger charge is -2.09. The Kier molecular flexibility index (Phi) is 5.15. The van der Waals surface area contributed by atoms with E-state index >= 15 is 0 Å². The second-order valence-corrected chi connectivity index (χ2v) is 6.62. The smallest absolute Gasteiger partial charge is 0.151 e. The van der Waals surface area contributed by atoms with Crippen molar-refractivity contribution in [3.63, 3.8) is 0 Å². The summed E-state index contributed by atoms with van der Waals surface area (Å²) in [5.41, 5.74) is 3.94. The molecule has 1 atom stereocenters. The fraction of sp³-hybridized carbons (Fsp3) is 0.200. The Morgan fingerprint density at radius 2 is 2.00 bits per heavy atom. The minimum absolute atomic E-state index is 0.157. The third kappa shape index (κ3) is 4.05. The van der Waals surface area contributed by atoms with Crippen molar-refractivity contribution in [2.45, 2.75) is 19.6 Å². The third-order valence-electron chi connectivity index (χ3n) is 4.33. The molecule has 148 valence electrons. The maximum Gasteiger partial charge on any atom is 0.151 e. The normalized spacial score (nSPS) is 12.3. The van der Waals surface area contributed by atoms with Gasteiger partial charge in [-0.1, -0.05) is 0 Å². The number of anilines is 2. The van der Waals surface area contributed by atoms with E-state index in [1.54, 1.807) is 49.8 Å². The maximum atomic E-state index is 14.2. The van der Waals surface area contributed by atoms with Crippen LogP contribution in [0, 0.1) is 12.7 Å². The van der Waals surface area contributed by atoms with Gasteiger partial charge < -0.3 is 15.5 Å². The first-order chi connectivity index (χ1) is 14.0.